The molecule has 0 aliphatic rings. The summed E-state index contributed by atoms with van der Waals surface area (Å²) < 4.78 is 12.0. The minimum absolute atomic E-state index is 0.00172. The number of ether oxygens (including phenoxy) is 2. The van der Waals surface area contributed by atoms with Gasteiger partial charge in [0.1, 0.15) is 21.7 Å². The zero-order chi connectivity index (χ0) is 24.8. The van der Waals surface area contributed by atoms with Gasteiger partial charge >= 0.3 is 0 Å². The SMILES string of the molecule is COc1ccc(OC)c2sc(N(CCCN(C)C)C(=O)C(c3ccccc3)c3ccccc3)nc12. The number of methoxy groups -OCH3 is 2. The minimum Gasteiger partial charge on any atom is -0.495 e. The van der Waals surface area contributed by atoms with E-state index in [2.05, 4.69) is 4.90 Å². The summed E-state index contributed by atoms with van der Waals surface area (Å²) in [6.07, 6.45) is 0.819. The third-order valence-corrected chi connectivity index (χ3v) is 6.99. The monoisotopic (exact) mass is 489 g/mol. The number of thiazole rings is 1. The van der Waals surface area contributed by atoms with E-state index in [1.54, 1.807) is 14.2 Å². The highest BCUT2D eigenvalue weighted by Crippen LogP contribution is 2.41. The van der Waals surface area contributed by atoms with E-state index in [0.29, 0.717) is 28.7 Å². The number of nitrogens with zero attached hydrogens (tertiary/aromatic N) is 3. The van der Waals surface area contributed by atoms with Gasteiger partial charge in [0.2, 0.25) is 5.91 Å². The molecule has 0 N–H and O–H groups in total. The molecule has 0 saturated heterocycles. The van der Waals surface area contributed by atoms with Crippen LogP contribution in [0.2, 0.25) is 0 Å². The molecule has 1 aromatic heterocycles. The van der Waals surface area contributed by atoms with E-state index in [1.165, 1.54) is 11.3 Å². The second-order valence-electron chi connectivity index (χ2n) is 8.55. The Morgan fingerprint density at radius 2 is 1.43 bits per heavy atom. The van der Waals surface area contributed by atoms with Crippen LogP contribution in [0.5, 0.6) is 11.5 Å². The normalized spacial score (nSPS) is 11.3. The molecule has 4 aromatic rings. The van der Waals surface area contributed by atoms with Crippen molar-refractivity contribution in [2.45, 2.75) is 12.3 Å². The van der Waals surface area contributed by atoms with E-state index in [0.717, 1.165) is 28.8 Å². The van der Waals surface area contributed by atoms with Crippen LogP contribution in [0.3, 0.4) is 0 Å². The Morgan fingerprint density at radius 1 is 0.857 bits per heavy atom. The van der Waals surface area contributed by atoms with Crippen molar-refractivity contribution in [3.63, 3.8) is 0 Å². The Labute approximate surface area is 210 Å². The molecular formula is C28H31N3O3S. The van der Waals surface area contributed by atoms with Crippen LogP contribution in [0.4, 0.5) is 5.13 Å². The van der Waals surface area contributed by atoms with Crippen LogP contribution in [0.25, 0.3) is 10.2 Å². The van der Waals surface area contributed by atoms with E-state index in [-0.39, 0.29) is 5.91 Å². The number of hydrogen-bond donors (Lipinski definition) is 0. The molecule has 6 nitrogen and oxygen atoms in total. The molecule has 0 bridgehead atoms. The predicted octanol–water partition coefficient (Wildman–Crippen LogP) is 5.43. The van der Waals surface area contributed by atoms with E-state index in [1.807, 2.05) is 91.8 Å². The fourth-order valence-electron chi connectivity index (χ4n) is 4.16. The molecule has 1 amide bonds. The van der Waals surface area contributed by atoms with Gasteiger partial charge in [0.05, 0.1) is 20.1 Å². The zero-order valence-corrected chi connectivity index (χ0v) is 21.4. The largest absolute Gasteiger partial charge is 0.495 e. The van der Waals surface area contributed by atoms with Gasteiger partial charge in [-0.1, -0.05) is 72.0 Å². The fourth-order valence-corrected chi connectivity index (χ4v) is 5.27. The first kappa shape index (κ1) is 24.7. The van der Waals surface area contributed by atoms with Crippen molar-refractivity contribution in [2.75, 3.05) is 46.3 Å². The van der Waals surface area contributed by atoms with Crippen molar-refractivity contribution in [3.8, 4) is 11.5 Å². The number of rotatable bonds is 10. The smallest absolute Gasteiger partial charge is 0.240 e. The van der Waals surface area contributed by atoms with Crippen LogP contribution in [0.15, 0.2) is 72.8 Å². The molecule has 35 heavy (non-hydrogen) atoms. The molecule has 0 aliphatic carbocycles. The Morgan fingerprint density at radius 3 is 1.97 bits per heavy atom. The highest BCUT2D eigenvalue weighted by Gasteiger charge is 2.30. The number of hydrogen-bond acceptors (Lipinski definition) is 6. The standard InChI is InChI=1S/C28H31N3O3S/c1-30(2)18-11-19-31(28-29-25-22(33-3)16-17-23(34-4)26(25)35-28)27(32)24(20-12-7-5-8-13-20)21-14-9-6-10-15-21/h5-10,12-17,24H,11,18-19H2,1-4H3. The number of aromatic nitrogens is 1. The lowest BCUT2D eigenvalue weighted by Gasteiger charge is -2.26. The lowest BCUT2D eigenvalue weighted by atomic mass is 9.90. The molecule has 7 heteroatoms. The lowest BCUT2D eigenvalue weighted by Crippen LogP contribution is -2.37. The van der Waals surface area contributed by atoms with Gasteiger partial charge < -0.3 is 14.4 Å². The number of carbonyl (C=O) groups is 1. The predicted molar refractivity (Wildman–Crippen MR) is 143 cm³/mol. The molecule has 0 unspecified atom stereocenters. The highest BCUT2D eigenvalue weighted by molar-refractivity contribution is 7.22. The van der Waals surface area contributed by atoms with Gasteiger partial charge in [-0.05, 0) is 50.3 Å². The zero-order valence-electron chi connectivity index (χ0n) is 20.6. The molecule has 0 atom stereocenters. The van der Waals surface area contributed by atoms with Crippen LogP contribution < -0.4 is 14.4 Å². The summed E-state index contributed by atoms with van der Waals surface area (Å²) in [6, 6.07) is 23.6. The first-order valence-corrected chi connectivity index (χ1v) is 12.4. The van der Waals surface area contributed by atoms with E-state index in [4.69, 9.17) is 14.5 Å². The molecule has 0 spiro atoms. The third-order valence-electron chi connectivity index (χ3n) is 5.90. The number of fused-ring (bicyclic) bond motifs is 1. The maximum atomic E-state index is 14.3. The summed E-state index contributed by atoms with van der Waals surface area (Å²) in [4.78, 5) is 23.2. The van der Waals surface area contributed by atoms with Crippen molar-refractivity contribution in [1.29, 1.82) is 0 Å². The molecular weight excluding hydrogens is 458 g/mol. The van der Waals surface area contributed by atoms with Crippen LogP contribution in [0.1, 0.15) is 23.5 Å². The number of benzene rings is 3. The van der Waals surface area contributed by atoms with Crippen molar-refractivity contribution in [2.24, 2.45) is 0 Å². The van der Waals surface area contributed by atoms with Gasteiger partial charge in [0, 0.05) is 6.54 Å². The number of carbonyl (C=O) groups excluding carboxylic acids is 1. The van der Waals surface area contributed by atoms with E-state index in [9.17, 15) is 4.79 Å². The summed E-state index contributed by atoms with van der Waals surface area (Å²) in [5.41, 5.74) is 2.61. The van der Waals surface area contributed by atoms with Gasteiger partial charge in [0.25, 0.3) is 0 Å². The van der Waals surface area contributed by atoms with E-state index >= 15 is 0 Å². The molecule has 182 valence electrons. The molecule has 0 fully saturated rings. The first-order chi connectivity index (χ1) is 17.0. The summed E-state index contributed by atoms with van der Waals surface area (Å²) >= 11 is 1.46. The maximum absolute atomic E-state index is 14.3. The van der Waals surface area contributed by atoms with Gasteiger partial charge in [-0.2, -0.15) is 0 Å². The van der Waals surface area contributed by atoms with Crippen LogP contribution in [0, 0.1) is 0 Å². The van der Waals surface area contributed by atoms with Crippen LogP contribution >= 0.6 is 11.3 Å². The fraction of sp³-hybridized carbons (Fsp3) is 0.286. The summed E-state index contributed by atoms with van der Waals surface area (Å²) in [5, 5.41) is 0.642. The molecule has 3 aromatic carbocycles. The second kappa shape index (κ2) is 11.3. The minimum atomic E-state index is -0.437. The first-order valence-electron chi connectivity index (χ1n) is 11.6. The lowest BCUT2D eigenvalue weighted by molar-refractivity contribution is -0.119. The summed E-state index contributed by atoms with van der Waals surface area (Å²) in [5.74, 6) is 0.935. The van der Waals surface area contributed by atoms with Crippen LogP contribution in [-0.2, 0) is 4.79 Å². The summed E-state index contributed by atoms with van der Waals surface area (Å²) in [7, 11) is 7.34. The topological polar surface area (TPSA) is 54.9 Å². The van der Waals surface area contributed by atoms with Gasteiger partial charge in [-0.15, -0.1) is 0 Å². The van der Waals surface area contributed by atoms with Crippen molar-refractivity contribution in [3.05, 3.63) is 83.9 Å². The van der Waals surface area contributed by atoms with E-state index < -0.39 is 5.92 Å². The van der Waals surface area contributed by atoms with Crippen molar-refractivity contribution in [1.82, 2.24) is 9.88 Å². The average Bonchev–Trinajstić information content (AvgIpc) is 3.32. The Bertz CT molecular complexity index is 1180. The van der Waals surface area contributed by atoms with Gasteiger partial charge in [-0.3, -0.25) is 9.69 Å². The number of amides is 1. The Balaban J connectivity index is 1.81. The Hall–Kier alpha value is -3.42. The molecule has 0 saturated carbocycles. The molecule has 0 aliphatic heterocycles. The van der Waals surface area contributed by atoms with Crippen molar-refractivity contribution >= 4 is 32.6 Å². The van der Waals surface area contributed by atoms with Crippen LogP contribution in [-0.4, -0.2) is 57.2 Å². The highest BCUT2D eigenvalue weighted by atomic mass is 32.1. The molecule has 1 heterocycles. The average molecular weight is 490 g/mol. The van der Waals surface area contributed by atoms with Gasteiger partial charge in [0.15, 0.2) is 5.13 Å². The number of anilines is 1. The van der Waals surface area contributed by atoms with Crippen molar-refractivity contribution < 1.29 is 14.3 Å². The molecule has 0 radical (unpaired) electrons. The quantitative estimate of drug-likeness (QED) is 0.297. The molecule has 4 rings (SSSR count). The van der Waals surface area contributed by atoms with Gasteiger partial charge in [-0.25, -0.2) is 4.98 Å². The second-order valence-corrected chi connectivity index (χ2v) is 9.52. The maximum Gasteiger partial charge on any atom is 0.240 e. The Kier molecular flexibility index (Phi) is 8.00. The third kappa shape index (κ3) is 5.47. The summed E-state index contributed by atoms with van der Waals surface area (Å²) in [6.45, 7) is 1.42.